The molecule has 0 fully saturated rings. The van der Waals surface area contributed by atoms with Crippen molar-refractivity contribution >= 4 is 0 Å². The Kier molecular flexibility index (Phi) is 9.91. The minimum Gasteiger partial charge on any atom is -0.517 e. The molecule has 1 nitrogen and oxygen atoms in total. The third-order valence-corrected chi connectivity index (χ3v) is 1.66. The van der Waals surface area contributed by atoms with Crippen LogP contribution in [-0.2, 0) is 32.7 Å². The van der Waals surface area contributed by atoms with E-state index in [0.29, 0.717) is 0 Å². The Labute approximate surface area is 135 Å². The van der Waals surface area contributed by atoms with E-state index in [-0.39, 0.29) is 32.7 Å². The first-order valence-corrected chi connectivity index (χ1v) is 5.87. The Morgan fingerprint density at radius 1 is 0.889 bits per heavy atom. The zero-order valence-corrected chi connectivity index (χ0v) is 14.1. The number of ether oxygens (including phenoxy) is 1. The van der Waals surface area contributed by atoms with Gasteiger partial charge in [-0.05, 0) is 18.1 Å². The molecule has 0 aromatic heterocycles. The SMILES string of the molecule is CC(C)C.[Y].[c-]1cccc(Oc2ccccc2)c1. The van der Waals surface area contributed by atoms with Gasteiger partial charge < -0.3 is 4.74 Å². The first kappa shape index (κ1) is 17.3. The molecule has 0 amide bonds. The topological polar surface area (TPSA) is 9.23 Å². The van der Waals surface area contributed by atoms with Crippen molar-refractivity contribution in [2.45, 2.75) is 20.8 Å². The van der Waals surface area contributed by atoms with Crippen molar-refractivity contribution in [1.29, 1.82) is 0 Å². The summed E-state index contributed by atoms with van der Waals surface area (Å²) in [6, 6.07) is 20.1. The van der Waals surface area contributed by atoms with Crippen LogP contribution in [0.2, 0.25) is 0 Å². The van der Waals surface area contributed by atoms with Crippen LogP contribution in [0.15, 0.2) is 54.6 Å². The zero-order chi connectivity index (χ0) is 12.5. The molecule has 0 bridgehead atoms. The van der Waals surface area contributed by atoms with Crippen LogP contribution in [0.1, 0.15) is 20.8 Å². The van der Waals surface area contributed by atoms with Gasteiger partial charge in [0.25, 0.3) is 0 Å². The van der Waals surface area contributed by atoms with Crippen molar-refractivity contribution in [1.82, 2.24) is 0 Å². The summed E-state index contributed by atoms with van der Waals surface area (Å²) in [5.74, 6) is 2.50. The van der Waals surface area contributed by atoms with E-state index < -0.39 is 0 Å². The molecule has 0 aliphatic heterocycles. The van der Waals surface area contributed by atoms with Gasteiger partial charge in [-0.1, -0.05) is 39.0 Å². The Morgan fingerprint density at radius 2 is 1.44 bits per heavy atom. The second-order valence-electron chi connectivity index (χ2n) is 4.39. The van der Waals surface area contributed by atoms with E-state index in [1.165, 1.54) is 0 Å². The average molecular weight is 316 g/mol. The van der Waals surface area contributed by atoms with Crippen LogP contribution < -0.4 is 4.74 Å². The van der Waals surface area contributed by atoms with Gasteiger partial charge in [-0.3, -0.25) is 0 Å². The number of hydrogen-bond acceptors (Lipinski definition) is 1. The van der Waals surface area contributed by atoms with Crippen LogP contribution in [0.4, 0.5) is 0 Å². The largest absolute Gasteiger partial charge is 0.517 e. The van der Waals surface area contributed by atoms with Crippen molar-refractivity contribution in [2.75, 3.05) is 0 Å². The van der Waals surface area contributed by atoms with E-state index in [0.717, 1.165) is 17.4 Å². The number of rotatable bonds is 2. The van der Waals surface area contributed by atoms with Gasteiger partial charge in [-0.15, -0.1) is 12.1 Å². The molecule has 0 N–H and O–H groups in total. The van der Waals surface area contributed by atoms with Gasteiger partial charge in [-0.2, -0.15) is 18.2 Å². The Balaban J connectivity index is 0.000000512. The van der Waals surface area contributed by atoms with E-state index >= 15 is 0 Å². The van der Waals surface area contributed by atoms with E-state index in [4.69, 9.17) is 4.74 Å². The minimum absolute atomic E-state index is 0. The summed E-state index contributed by atoms with van der Waals surface area (Å²) in [5, 5.41) is 0. The van der Waals surface area contributed by atoms with Crippen LogP contribution >= 0.6 is 0 Å². The number of para-hydroxylation sites is 1. The normalized spacial score (nSPS) is 8.89. The Bertz CT molecular complexity index is 358. The predicted octanol–water partition coefficient (Wildman–Crippen LogP) is 4.94. The first-order chi connectivity index (χ1) is 8.18. The molecule has 18 heavy (non-hydrogen) atoms. The summed E-state index contributed by atoms with van der Waals surface area (Å²) >= 11 is 0. The van der Waals surface area contributed by atoms with Crippen molar-refractivity contribution in [3.8, 4) is 11.5 Å². The number of benzene rings is 2. The summed E-state index contributed by atoms with van der Waals surface area (Å²) in [7, 11) is 0. The van der Waals surface area contributed by atoms with Crippen molar-refractivity contribution in [3.05, 3.63) is 60.7 Å². The zero-order valence-electron chi connectivity index (χ0n) is 11.3. The molecule has 0 saturated carbocycles. The number of hydrogen-bond donors (Lipinski definition) is 0. The Morgan fingerprint density at radius 3 is 1.94 bits per heavy atom. The van der Waals surface area contributed by atoms with E-state index in [1.807, 2.05) is 54.6 Å². The molecule has 2 aromatic rings. The molecule has 2 heteroatoms. The summed E-state index contributed by atoms with van der Waals surface area (Å²) in [5.41, 5.74) is 0. The van der Waals surface area contributed by atoms with E-state index in [1.54, 1.807) is 0 Å². The molecule has 0 atom stereocenters. The fraction of sp³-hybridized carbons (Fsp3) is 0.250. The third kappa shape index (κ3) is 8.44. The van der Waals surface area contributed by atoms with Gasteiger partial charge in [0.15, 0.2) is 0 Å². The van der Waals surface area contributed by atoms with Gasteiger partial charge in [0.1, 0.15) is 5.75 Å². The molecule has 2 rings (SSSR count). The third-order valence-electron chi connectivity index (χ3n) is 1.66. The molecule has 0 saturated heterocycles. The van der Waals surface area contributed by atoms with Gasteiger partial charge in [-0.25, -0.2) is 0 Å². The monoisotopic (exact) mass is 316 g/mol. The second kappa shape index (κ2) is 10.3. The summed E-state index contributed by atoms with van der Waals surface area (Å²) in [6.07, 6.45) is 0. The standard InChI is InChI=1S/C12H9O.C4H10.Y/c1-3-7-11(8-4-1)13-12-9-5-2-6-10-12;1-4(2)3;/h1-5,7-10H;4H,1-3H3;/q-1;;. The fourth-order valence-electron chi connectivity index (χ4n) is 1.06. The smallest absolute Gasteiger partial charge is 0.110 e. The molecule has 0 heterocycles. The van der Waals surface area contributed by atoms with E-state index in [9.17, 15) is 0 Å². The van der Waals surface area contributed by atoms with Gasteiger partial charge >= 0.3 is 0 Å². The van der Waals surface area contributed by atoms with Crippen LogP contribution in [0.25, 0.3) is 0 Å². The molecule has 93 valence electrons. The van der Waals surface area contributed by atoms with Crippen LogP contribution in [0, 0.1) is 12.0 Å². The summed E-state index contributed by atoms with van der Waals surface area (Å²) in [6.45, 7) is 6.50. The molecule has 1 radical (unpaired) electrons. The van der Waals surface area contributed by atoms with Crippen molar-refractivity contribution in [2.24, 2.45) is 5.92 Å². The second-order valence-corrected chi connectivity index (χ2v) is 4.39. The maximum atomic E-state index is 5.55. The quantitative estimate of drug-likeness (QED) is 0.713. The van der Waals surface area contributed by atoms with Gasteiger partial charge in [0.2, 0.25) is 0 Å². The maximum absolute atomic E-state index is 5.55. The molecule has 0 aliphatic carbocycles. The Hall–Kier alpha value is -0.656. The summed E-state index contributed by atoms with van der Waals surface area (Å²) < 4.78 is 5.55. The molecule has 0 unspecified atom stereocenters. The van der Waals surface area contributed by atoms with Crippen molar-refractivity contribution in [3.63, 3.8) is 0 Å². The summed E-state index contributed by atoms with van der Waals surface area (Å²) in [4.78, 5) is 0. The first-order valence-electron chi connectivity index (χ1n) is 5.87. The maximum Gasteiger partial charge on any atom is 0.110 e. The molecule has 0 aliphatic rings. The molecular weight excluding hydrogens is 297 g/mol. The molecule has 0 spiro atoms. The van der Waals surface area contributed by atoms with Gasteiger partial charge in [0, 0.05) is 38.5 Å². The van der Waals surface area contributed by atoms with Gasteiger partial charge in [0.05, 0.1) is 0 Å². The van der Waals surface area contributed by atoms with Crippen LogP contribution in [0.3, 0.4) is 0 Å². The fourth-order valence-corrected chi connectivity index (χ4v) is 1.06. The average Bonchev–Trinajstić information content (AvgIpc) is 2.31. The van der Waals surface area contributed by atoms with E-state index in [2.05, 4.69) is 26.8 Å². The minimum atomic E-state index is 0. The molecule has 2 aromatic carbocycles. The molecular formula is C16H19OY-. The van der Waals surface area contributed by atoms with Crippen LogP contribution in [0.5, 0.6) is 11.5 Å². The predicted molar refractivity (Wildman–Crippen MR) is 72.3 cm³/mol. The van der Waals surface area contributed by atoms with Crippen LogP contribution in [-0.4, -0.2) is 0 Å². The van der Waals surface area contributed by atoms with Crippen molar-refractivity contribution < 1.29 is 37.4 Å².